The lowest BCUT2D eigenvalue weighted by Gasteiger charge is -2.20. The summed E-state index contributed by atoms with van der Waals surface area (Å²) in [7, 11) is -4.74. The maximum atomic E-state index is 12.2. The second-order valence-electron chi connectivity index (χ2n) is 8.20. The number of amides is 1. The second-order valence-corrected chi connectivity index (χ2v) is 9.80. The zero-order valence-corrected chi connectivity index (χ0v) is 19.8. The maximum absolute atomic E-state index is 12.2. The molecule has 3 N–H and O–H groups in total. The van der Waals surface area contributed by atoms with Crippen molar-refractivity contribution in [2.75, 3.05) is 0 Å². The Morgan fingerprint density at radius 1 is 0.800 bits per heavy atom. The second kappa shape index (κ2) is 17.5. The average molecular weight is 450 g/mol. The molecule has 2 unspecified atom stereocenters. The molecule has 0 aromatic rings. The topological polar surface area (TPSA) is 124 Å². The molecule has 0 saturated heterocycles. The zero-order valence-electron chi connectivity index (χ0n) is 18.9. The minimum atomic E-state index is -4.74. The third-order valence-electron chi connectivity index (χ3n) is 5.28. The van der Waals surface area contributed by atoms with Crippen molar-refractivity contribution in [3.63, 3.8) is 0 Å². The van der Waals surface area contributed by atoms with Gasteiger partial charge in [-0.1, -0.05) is 90.9 Å². The van der Waals surface area contributed by atoms with E-state index in [1.54, 1.807) is 0 Å². The van der Waals surface area contributed by atoms with Gasteiger partial charge in [0.1, 0.15) is 6.10 Å². The van der Waals surface area contributed by atoms with Crippen LogP contribution in [-0.4, -0.2) is 36.2 Å². The lowest BCUT2D eigenvalue weighted by Crippen LogP contribution is -2.37. The average Bonchev–Trinajstić information content (AvgIpc) is 2.66. The normalized spacial score (nSPS) is 13.7. The van der Waals surface area contributed by atoms with Crippen molar-refractivity contribution in [3.05, 3.63) is 0 Å². The van der Waals surface area contributed by atoms with Gasteiger partial charge in [-0.2, -0.15) is 8.42 Å². The first-order valence-electron chi connectivity index (χ1n) is 11.7. The van der Waals surface area contributed by atoms with Gasteiger partial charge in [0.15, 0.2) is 5.25 Å². The molecule has 0 rings (SSSR count). The molecule has 8 heteroatoms. The summed E-state index contributed by atoms with van der Waals surface area (Å²) < 4.78 is 37.2. The number of esters is 1. The lowest BCUT2D eigenvalue weighted by molar-refractivity contribution is -0.150. The van der Waals surface area contributed by atoms with E-state index in [0.717, 1.165) is 25.7 Å². The molecule has 2 atom stereocenters. The van der Waals surface area contributed by atoms with E-state index in [0.29, 0.717) is 12.8 Å². The van der Waals surface area contributed by atoms with Gasteiger partial charge in [-0.15, -0.1) is 0 Å². The highest BCUT2D eigenvalue weighted by molar-refractivity contribution is 7.87. The van der Waals surface area contributed by atoms with E-state index in [4.69, 9.17) is 10.5 Å². The van der Waals surface area contributed by atoms with Crippen molar-refractivity contribution in [3.8, 4) is 0 Å². The summed E-state index contributed by atoms with van der Waals surface area (Å²) in [5, 5.41) is -1.95. The number of unbranched alkanes of at least 4 members (excludes halogenated alkanes) is 11. The molecule has 0 heterocycles. The Bertz CT molecular complexity index is 564. The van der Waals surface area contributed by atoms with Gasteiger partial charge in [0, 0.05) is 0 Å². The molecule has 0 fully saturated rings. The fourth-order valence-electron chi connectivity index (χ4n) is 3.53. The van der Waals surface area contributed by atoms with Crippen LogP contribution in [0.4, 0.5) is 0 Å². The Morgan fingerprint density at radius 2 is 1.27 bits per heavy atom. The summed E-state index contributed by atoms with van der Waals surface area (Å²) in [6, 6.07) is 0. The van der Waals surface area contributed by atoms with E-state index >= 15 is 0 Å². The minimum Gasteiger partial charge on any atom is -0.461 e. The van der Waals surface area contributed by atoms with Crippen molar-refractivity contribution in [1.29, 1.82) is 0 Å². The van der Waals surface area contributed by atoms with Crippen LogP contribution >= 0.6 is 0 Å². The number of hydrogen-bond acceptors (Lipinski definition) is 5. The first kappa shape index (κ1) is 28.9. The number of carbonyl (C=O) groups is 2. The van der Waals surface area contributed by atoms with Gasteiger partial charge in [-0.25, -0.2) is 0 Å². The molecule has 0 radical (unpaired) electrons. The fourth-order valence-corrected chi connectivity index (χ4v) is 4.20. The van der Waals surface area contributed by atoms with Gasteiger partial charge in [0.25, 0.3) is 10.1 Å². The molecule has 7 nitrogen and oxygen atoms in total. The van der Waals surface area contributed by atoms with Gasteiger partial charge in [0.05, 0.1) is 6.42 Å². The molecule has 178 valence electrons. The Labute approximate surface area is 183 Å². The fraction of sp³-hybridized carbons (Fsp3) is 0.909. The summed E-state index contributed by atoms with van der Waals surface area (Å²) in [4.78, 5) is 23.2. The largest absolute Gasteiger partial charge is 0.461 e. The van der Waals surface area contributed by atoms with Gasteiger partial charge in [-0.05, 0) is 19.3 Å². The van der Waals surface area contributed by atoms with E-state index in [9.17, 15) is 22.6 Å². The van der Waals surface area contributed by atoms with Gasteiger partial charge >= 0.3 is 5.97 Å². The van der Waals surface area contributed by atoms with Gasteiger partial charge in [0.2, 0.25) is 5.91 Å². The predicted molar refractivity (Wildman–Crippen MR) is 120 cm³/mol. The van der Waals surface area contributed by atoms with Crippen LogP contribution in [0.5, 0.6) is 0 Å². The number of hydrogen-bond donors (Lipinski definition) is 2. The molecule has 0 aliphatic carbocycles. The van der Waals surface area contributed by atoms with E-state index in [2.05, 4.69) is 6.92 Å². The first-order chi connectivity index (χ1) is 14.2. The Hall–Kier alpha value is -1.15. The third-order valence-corrected chi connectivity index (χ3v) is 6.36. The summed E-state index contributed by atoms with van der Waals surface area (Å²) in [5.74, 6) is -2.09. The van der Waals surface area contributed by atoms with Crippen LogP contribution in [0.2, 0.25) is 0 Å². The zero-order chi connectivity index (χ0) is 22.8. The van der Waals surface area contributed by atoms with E-state index < -0.39 is 39.8 Å². The van der Waals surface area contributed by atoms with Crippen molar-refractivity contribution in [2.24, 2.45) is 5.73 Å². The Balaban J connectivity index is 4.09. The number of rotatable bonds is 20. The van der Waals surface area contributed by atoms with Crippen molar-refractivity contribution < 1.29 is 27.3 Å². The third kappa shape index (κ3) is 15.7. The van der Waals surface area contributed by atoms with Crippen LogP contribution in [0.3, 0.4) is 0 Å². The number of primary amides is 1. The number of carbonyl (C=O) groups excluding carboxylic acids is 2. The summed E-state index contributed by atoms with van der Waals surface area (Å²) in [5.41, 5.74) is 4.98. The summed E-state index contributed by atoms with van der Waals surface area (Å²) in [6.45, 7) is 4.18. The van der Waals surface area contributed by atoms with Crippen molar-refractivity contribution in [2.45, 2.75) is 128 Å². The molecule has 0 aliphatic rings. The van der Waals surface area contributed by atoms with Crippen LogP contribution in [-0.2, 0) is 24.4 Å². The minimum absolute atomic E-state index is 0.414. The molecule has 0 spiro atoms. The molecule has 1 amide bonds. The maximum Gasteiger partial charge on any atom is 0.327 e. The Kier molecular flexibility index (Phi) is 16.9. The van der Waals surface area contributed by atoms with Gasteiger partial charge in [-0.3, -0.25) is 14.1 Å². The smallest absolute Gasteiger partial charge is 0.327 e. The van der Waals surface area contributed by atoms with E-state index in [1.807, 2.05) is 6.92 Å². The first-order valence-corrected chi connectivity index (χ1v) is 13.2. The summed E-state index contributed by atoms with van der Waals surface area (Å²) >= 11 is 0. The van der Waals surface area contributed by atoms with Crippen molar-refractivity contribution in [1.82, 2.24) is 0 Å². The molecule has 0 aromatic heterocycles. The molecule has 0 aliphatic heterocycles. The molecule has 0 bridgehead atoms. The lowest BCUT2D eigenvalue weighted by atomic mass is 10.0. The highest BCUT2D eigenvalue weighted by atomic mass is 32.2. The highest BCUT2D eigenvalue weighted by Gasteiger charge is 2.35. The van der Waals surface area contributed by atoms with Crippen LogP contribution in [0, 0.1) is 0 Å². The quantitative estimate of drug-likeness (QED) is 0.154. The van der Waals surface area contributed by atoms with Crippen molar-refractivity contribution >= 4 is 22.0 Å². The predicted octanol–water partition coefficient (Wildman–Crippen LogP) is 4.92. The van der Waals surface area contributed by atoms with Crippen LogP contribution in [0.25, 0.3) is 0 Å². The number of nitrogens with two attached hydrogens (primary N) is 1. The van der Waals surface area contributed by atoms with Crippen LogP contribution in [0.1, 0.15) is 117 Å². The van der Waals surface area contributed by atoms with E-state index in [1.165, 1.54) is 57.8 Å². The Morgan fingerprint density at radius 3 is 1.67 bits per heavy atom. The molecular formula is C22H43NO6S. The van der Waals surface area contributed by atoms with Gasteiger partial charge < -0.3 is 10.5 Å². The van der Waals surface area contributed by atoms with E-state index in [-0.39, 0.29) is 0 Å². The monoisotopic (exact) mass is 449 g/mol. The summed E-state index contributed by atoms with van der Waals surface area (Å²) in [6.07, 6.45) is 15.6. The molecule has 30 heavy (non-hydrogen) atoms. The standard InChI is InChI=1S/C22H43NO6S/c1-3-5-6-7-8-9-10-11-12-13-14-15-17-19(16-4-2)29-22(25)20(18-21(23)24)30(26,27)28/h19-20H,3-18H2,1-2H3,(H2,23,24)(H,26,27,28). The highest BCUT2D eigenvalue weighted by Crippen LogP contribution is 2.17. The molecule has 0 saturated carbocycles. The van der Waals surface area contributed by atoms with Crippen LogP contribution < -0.4 is 5.73 Å². The number of ether oxygens (including phenoxy) is 1. The SMILES string of the molecule is CCCCCCCCCCCCCCC(CCC)OC(=O)C(CC(N)=O)S(=O)(=O)O. The molecular weight excluding hydrogens is 406 g/mol. The molecule has 0 aromatic carbocycles. The van der Waals surface area contributed by atoms with Crippen LogP contribution in [0.15, 0.2) is 0 Å².